The van der Waals surface area contributed by atoms with E-state index in [1.54, 1.807) is 18.2 Å². The normalized spacial score (nSPS) is 10.7. The predicted molar refractivity (Wildman–Crippen MR) is 139 cm³/mol. The maximum absolute atomic E-state index is 6.36. The molecule has 2 aromatic heterocycles. The van der Waals surface area contributed by atoms with Gasteiger partial charge in [-0.1, -0.05) is 41.4 Å². The van der Waals surface area contributed by atoms with Gasteiger partial charge in [0.2, 0.25) is 23.8 Å². The van der Waals surface area contributed by atoms with Crippen LogP contribution in [0.5, 0.6) is 0 Å². The standard InChI is InChI=1S/C23H23Cl2N9/c1-3-27-21-32-22(28-4-2)34-23(33-21)29-14-10-8-13(9-11-14)17-12-18(31-20(26)30-17)19-15(24)6-5-7-16(19)25/h5-12H,3-4H2,1-2H3,(H2,26,30,31)(H3,27,28,29,32,33,34). The first-order chi connectivity index (χ1) is 16.5. The molecule has 2 heterocycles. The molecule has 0 aliphatic carbocycles. The number of benzene rings is 2. The number of aromatic nitrogens is 5. The fraction of sp³-hybridized carbons (Fsp3) is 0.174. The molecule has 0 aliphatic heterocycles. The van der Waals surface area contributed by atoms with Crippen molar-refractivity contribution >= 4 is 52.7 Å². The van der Waals surface area contributed by atoms with Gasteiger partial charge in [0.1, 0.15) is 0 Å². The summed E-state index contributed by atoms with van der Waals surface area (Å²) in [7, 11) is 0. The van der Waals surface area contributed by atoms with E-state index in [1.165, 1.54) is 0 Å². The summed E-state index contributed by atoms with van der Waals surface area (Å²) in [6, 6.07) is 14.7. The van der Waals surface area contributed by atoms with Crippen LogP contribution in [0.15, 0.2) is 48.5 Å². The van der Waals surface area contributed by atoms with E-state index >= 15 is 0 Å². The van der Waals surface area contributed by atoms with Gasteiger partial charge in [0.05, 0.1) is 21.4 Å². The zero-order chi connectivity index (χ0) is 24.1. The lowest BCUT2D eigenvalue weighted by Gasteiger charge is -2.11. The molecular formula is C23H23Cl2N9. The summed E-state index contributed by atoms with van der Waals surface area (Å²) >= 11 is 12.7. The molecule has 9 nitrogen and oxygen atoms in total. The lowest BCUT2D eigenvalue weighted by molar-refractivity contribution is 1.00. The average Bonchev–Trinajstić information content (AvgIpc) is 2.79. The third kappa shape index (κ3) is 5.44. The van der Waals surface area contributed by atoms with Crippen molar-refractivity contribution in [1.29, 1.82) is 0 Å². The van der Waals surface area contributed by atoms with Crippen molar-refractivity contribution in [2.75, 3.05) is 34.8 Å². The number of rotatable bonds is 8. The number of nitrogens with one attached hydrogen (secondary N) is 3. The highest BCUT2D eigenvalue weighted by Gasteiger charge is 2.13. The molecule has 0 atom stereocenters. The van der Waals surface area contributed by atoms with Crippen LogP contribution in [0.2, 0.25) is 10.0 Å². The van der Waals surface area contributed by atoms with Gasteiger partial charge in [0, 0.05) is 29.9 Å². The molecule has 4 rings (SSSR count). The molecule has 34 heavy (non-hydrogen) atoms. The van der Waals surface area contributed by atoms with E-state index in [4.69, 9.17) is 28.9 Å². The number of hydrogen-bond acceptors (Lipinski definition) is 9. The van der Waals surface area contributed by atoms with Crippen LogP contribution in [0.3, 0.4) is 0 Å². The van der Waals surface area contributed by atoms with Gasteiger partial charge in [0.25, 0.3) is 0 Å². The Morgan fingerprint density at radius 3 is 1.88 bits per heavy atom. The van der Waals surface area contributed by atoms with Crippen molar-refractivity contribution in [2.45, 2.75) is 13.8 Å². The van der Waals surface area contributed by atoms with Crippen LogP contribution >= 0.6 is 23.2 Å². The minimum absolute atomic E-state index is 0.128. The van der Waals surface area contributed by atoms with Crippen molar-refractivity contribution in [3.8, 4) is 22.5 Å². The Balaban J connectivity index is 1.61. The van der Waals surface area contributed by atoms with E-state index in [1.807, 2.05) is 44.2 Å². The minimum Gasteiger partial charge on any atom is -0.368 e. The minimum atomic E-state index is 0.128. The number of nitrogens with zero attached hydrogens (tertiary/aromatic N) is 5. The Labute approximate surface area is 207 Å². The zero-order valence-corrected chi connectivity index (χ0v) is 20.1. The van der Waals surface area contributed by atoms with Crippen molar-refractivity contribution in [1.82, 2.24) is 24.9 Å². The third-order valence-electron chi connectivity index (χ3n) is 4.70. The molecule has 0 unspecified atom stereocenters. The highest BCUT2D eigenvalue weighted by molar-refractivity contribution is 6.39. The Morgan fingerprint density at radius 1 is 0.735 bits per heavy atom. The molecule has 0 radical (unpaired) electrons. The molecule has 174 valence electrons. The van der Waals surface area contributed by atoms with Gasteiger partial charge in [-0.05, 0) is 44.2 Å². The molecule has 4 aromatic rings. The Morgan fingerprint density at radius 2 is 1.29 bits per heavy atom. The summed E-state index contributed by atoms with van der Waals surface area (Å²) < 4.78 is 0. The second-order valence-corrected chi connectivity index (χ2v) is 7.98. The summed E-state index contributed by atoms with van der Waals surface area (Å²) in [6.45, 7) is 5.36. The molecule has 2 aromatic carbocycles. The Kier molecular flexibility index (Phi) is 7.24. The van der Waals surface area contributed by atoms with Crippen molar-refractivity contribution in [2.24, 2.45) is 0 Å². The van der Waals surface area contributed by atoms with Gasteiger partial charge >= 0.3 is 0 Å². The average molecular weight is 496 g/mol. The maximum atomic E-state index is 6.36. The fourth-order valence-electron chi connectivity index (χ4n) is 3.24. The first-order valence-electron chi connectivity index (χ1n) is 10.7. The van der Waals surface area contributed by atoms with Gasteiger partial charge in [-0.25, -0.2) is 9.97 Å². The predicted octanol–water partition coefficient (Wildman–Crippen LogP) is 5.49. The zero-order valence-electron chi connectivity index (χ0n) is 18.6. The molecule has 0 fully saturated rings. The molecule has 0 amide bonds. The Hall–Kier alpha value is -3.69. The van der Waals surface area contributed by atoms with Gasteiger partial charge in [0.15, 0.2) is 0 Å². The summed E-state index contributed by atoms with van der Waals surface area (Å²) in [5.41, 5.74) is 9.45. The van der Waals surface area contributed by atoms with Crippen molar-refractivity contribution in [3.05, 3.63) is 58.6 Å². The summed E-state index contributed by atoms with van der Waals surface area (Å²) in [4.78, 5) is 21.8. The molecule has 5 N–H and O–H groups in total. The maximum Gasteiger partial charge on any atom is 0.233 e. The quantitative estimate of drug-likeness (QED) is 0.250. The van der Waals surface area contributed by atoms with Gasteiger partial charge < -0.3 is 21.7 Å². The molecular weight excluding hydrogens is 473 g/mol. The topological polar surface area (TPSA) is 127 Å². The number of nitrogen functional groups attached to an aromatic ring is 1. The second kappa shape index (κ2) is 10.5. The van der Waals surface area contributed by atoms with Crippen LogP contribution in [-0.2, 0) is 0 Å². The van der Waals surface area contributed by atoms with Gasteiger partial charge in [-0.15, -0.1) is 0 Å². The third-order valence-corrected chi connectivity index (χ3v) is 5.33. The van der Waals surface area contributed by atoms with Gasteiger partial charge in [-0.3, -0.25) is 0 Å². The van der Waals surface area contributed by atoms with E-state index in [-0.39, 0.29) is 5.95 Å². The van der Waals surface area contributed by atoms with Crippen LogP contribution in [0.25, 0.3) is 22.5 Å². The van der Waals surface area contributed by atoms with E-state index in [9.17, 15) is 0 Å². The van der Waals surface area contributed by atoms with Crippen LogP contribution in [0, 0.1) is 0 Å². The highest BCUT2D eigenvalue weighted by Crippen LogP contribution is 2.35. The SMILES string of the molecule is CCNc1nc(NCC)nc(Nc2ccc(-c3cc(-c4c(Cl)cccc4Cl)nc(N)n3)cc2)n1. The second-order valence-electron chi connectivity index (χ2n) is 7.16. The number of anilines is 5. The summed E-state index contributed by atoms with van der Waals surface area (Å²) in [5, 5.41) is 10.4. The first kappa shape index (κ1) is 23.5. The van der Waals surface area contributed by atoms with E-state index < -0.39 is 0 Å². The fourth-order valence-corrected chi connectivity index (χ4v) is 3.84. The summed E-state index contributed by atoms with van der Waals surface area (Å²) in [5.74, 6) is 1.55. The van der Waals surface area contributed by atoms with E-state index in [2.05, 4.69) is 40.9 Å². The number of nitrogens with two attached hydrogens (primary N) is 1. The monoisotopic (exact) mass is 495 g/mol. The number of hydrogen-bond donors (Lipinski definition) is 4. The van der Waals surface area contributed by atoms with Gasteiger partial charge in [-0.2, -0.15) is 15.0 Å². The highest BCUT2D eigenvalue weighted by atomic mass is 35.5. The largest absolute Gasteiger partial charge is 0.368 e. The van der Waals surface area contributed by atoms with Crippen LogP contribution < -0.4 is 21.7 Å². The lowest BCUT2D eigenvalue weighted by atomic mass is 10.1. The van der Waals surface area contributed by atoms with Crippen LogP contribution in [0.4, 0.5) is 29.5 Å². The molecule has 11 heteroatoms. The van der Waals surface area contributed by atoms with E-state index in [0.717, 1.165) is 11.3 Å². The molecule has 0 saturated heterocycles. The first-order valence-corrected chi connectivity index (χ1v) is 11.4. The lowest BCUT2D eigenvalue weighted by Crippen LogP contribution is -2.10. The summed E-state index contributed by atoms with van der Waals surface area (Å²) in [6.07, 6.45) is 0. The molecule has 0 aliphatic rings. The molecule has 0 saturated carbocycles. The molecule has 0 bridgehead atoms. The Bertz CT molecular complexity index is 1250. The molecule has 0 spiro atoms. The number of halogens is 2. The van der Waals surface area contributed by atoms with Crippen molar-refractivity contribution in [3.63, 3.8) is 0 Å². The smallest absolute Gasteiger partial charge is 0.233 e. The van der Waals surface area contributed by atoms with Crippen LogP contribution in [-0.4, -0.2) is 38.0 Å². The van der Waals surface area contributed by atoms with Crippen molar-refractivity contribution < 1.29 is 0 Å². The van der Waals surface area contributed by atoms with E-state index in [0.29, 0.717) is 57.9 Å². The van der Waals surface area contributed by atoms with Crippen LogP contribution in [0.1, 0.15) is 13.8 Å².